The van der Waals surface area contributed by atoms with Gasteiger partial charge in [-0.25, -0.2) is 4.39 Å². The molecule has 0 aliphatic heterocycles. The molecule has 20 heavy (non-hydrogen) atoms. The second-order valence-corrected chi connectivity index (χ2v) is 4.81. The molecule has 0 aromatic heterocycles. The SMILES string of the molecule is COC(=O)C(C)(C)[C@@H](N)c1cc(F)cc([N+](=O)[O-])c1O. The molecule has 0 saturated carbocycles. The highest BCUT2D eigenvalue weighted by Gasteiger charge is 2.39. The number of hydrogen-bond donors (Lipinski definition) is 2. The van der Waals surface area contributed by atoms with Gasteiger partial charge in [-0.3, -0.25) is 14.9 Å². The summed E-state index contributed by atoms with van der Waals surface area (Å²) in [5.41, 5.74) is 3.50. The van der Waals surface area contributed by atoms with Crippen molar-refractivity contribution in [2.75, 3.05) is 7.11 Å². The predicted molar refractivity (Wildman–Crippen MR) is 67.4 cm³/mol. The molecule has 0 radical (unpaired) electrons. The fraction of sp³-hybridized carbons (Fsp3) is 0.417. The van der Waals surface area contributed by atoms with E-state index >= 15 is 0 Å². The zero-order valence-corrected chi connectivity index (χ0v) is 11.2. The molecule has 1 aromatic rings. The lowest BCUT2D eigenvalue weighted by Crippen LogP contribution is -2.37. The van der Waals surface area contributed by atoms with Crippen molar-refractivity contribution in [3.05, 3.63) is 33.6 Å². The standard InChI is InChI=1S/C12H15FN2O5/c1-12(2,11(17)20-3)10(14)7-4-6(13)5-8(9(7)16)15(18)19/h4-5,10,16H,14H2,1-3H3/t10-/m0/s1. The number of aromatic hydroxyl groups is 1. The Labute approximate surface area is 114 Å². The fourth-order valence-corrected chi connectivity index (χ4v) is 1.76. The summed E-state index contributed by atoms with van der Waals surface area (Å²) in [6.45, 7) is 2.86. The largest absolute Gasteiger partial charge is 0.502 e. The summed E-state index contributed by atoms with van der Waals surface area (Å²) in [7, 11) is 1.16. The number of methoxy groups -OCH3 is 1. The molecular weight excluding hydrogens is 271 g/mol. The van der Waals surface area contributed by atoms with Gasteiger partial charge in [0.15, 0.2) is 5.75 Å². The number of nitrogens with zero attached hydrogens (tertiary/aromatic N) is 1. The number of halogens is 1. The van der Waals surface area contributed by atoms with Gasteiger partial charge in [0.2, 0.25) is 0 Å². The lowest BCUT2D eigenvalue weighted by molar-refractivity contribution is -0.386. The minimum Gasteiger partial charge on any atom is -0.502 e. The molecule has 8 heteroatoms. The second kappa shape index (κ2) is 5.41. The number of benzene rings is 1. The number of hydrogen-bond acceptors (Lipinski definition) is 6. The van der Waals surface area contributed by atoms with Crippen molar-refractivity contribution in [3.8, 4) is 5.75 Å². The molecule has 3 N–H and O–H groups in total. The molecule has 1 rings (SSSR count). The molecule has 0 saturated heterocycles. The summed E-state index contributed by atoms with van der Waals surface area (Å²) in [6, 6.07) is 0.262. The van der Waals surface area contributed by atoms with Gasteiger partial charge in [-0.05, 0) is 19.9 Å². The predicted octanol–water partition coefficient (Wildman–Crippen LogP) is 1.64. The zero-order valence-electron chi connectivity index (χ0n) is 11.2. The molecule has 0 aliphatic carbocycles. The van der Waals surface area contributed by atoms with Crippen LogP contribution in [0.15, 0.2) is 12.1 Å². The van der Waals surface area contributed by atoms with Crippen LogP contribution in [0.1, 0.15) is 25.5 Å². The monoisotopic (exact) mass is 286 g/mol. The van der Waals surface area contributed by atoms with Crippen molar-refractivity contribution in [1.82, 2.24) is 0 Å². The Hall–Kier alpha value is -2.22. The lowest BCUT2D eigenvalue weighted by atomic mass is 9.80. The van der Waals surface area contributed by atoms with E-state index in [9.17, 15) is 24.4 Å². The van der Waals surface area contributed by atoms with Crippen molar-refractivity contribution in [3.63, 3.8) is 0 Å². The molecule has 0 spiro atoms. The first kappa shape index (κ1) is 15.8. The number of nitro groups is 1. The molecular formula is C12H15FN2O5. The molecule has 0 amide bonds. The van der Waals surface area contributed by atoms with Crippen LogP contribution in [0, 0.1) is 21.3 Å². The van der Waals surface area contributed by atoms with E-state index in [0.29, 0.717) is 6.07 Å². The Morgan fingerprint density at radius 2 is 2.10 bits per heavy atom. The van der Waals surface area contributed by atoms with E-state index in [1.165, 1.54) is 13.8 Å². The molecule has 7 nitrogen and oxygen atoms in total. The van der Waals surface area contributed by atoms with Crippen LogP contribution in [-0.2, 0) is 9.53 Å². The van der Waals surface area contributed by atoms with Gasteiger partial charge < -0.3 is 15.6 Å². The quantitative estimate of drug-likeness (QED) is 0.494. The van der Waals surface area contributed by atoms with E-state index in [2.05, 4.69) is 4.74 Å². The van der Waals surface area contributed by atoms with Gasteiger partial charge in [-0.2, -0.15) is 0 Å². The van der Waals surface area contributed by atoms with Gasteiger partial charge in [0, 0.05) is 11.6 Å². The van der Waals surface area contributed by atoms with E-state index in [0.717, 1.165) is 13.2 Å². The first-order valence-corrected chi connectivity index (χ1v) is 5.63. The molecule has 0 fully saturated rings. The van der Waals surface area contributed by atoms with Crippen molar-refractivity contribution >= 4 is 11.7 Å². The van der Waals surface area contributed by atoms with E-state index in [4.69, 9.17) is 5.73 Å². The minimum absolute atomic E-state index is 0.230. The van der Waals surface area contributed by atoms with Crippen LogP contribution in [0.2, 0.25) is 0 Å². The smallest absolute Gasteiger partial charge is 0.313 e. The first-order valence-electron chi connectivity index (χ1n) is 5.63. The van der Waals surface area contributed by atoms with E-state index in [1.807, 2.05) is 0 Å². The number of phenols is 1. The van der Waals surface area contributed by atoms with Crippen LogP contribution >= 0.6 is 0 Å². The number of rotatable bonds is 4. The summed E-state index contributed by atoms with van der Waals surface area (Å²) in [5, 5.41) is 20.6. The van der Waals surface area contributed by atoms with E-state index < -0.39 is 39.6 Å². The lowest BCUT2D eigenvalue weighted by Gasteiger charge is -2.29. The normalized spacial score (nSPS) is 12.8. The second-order valence-electron chi connectivity index (χ2n) is 4.81. The van der Waals surface area contributed by atoms with E-state index in [1.54, 1.807) is 0 Å². The van der Waals surface area contributed by atoms with Crippen molar-refractivity contribution in [1.29, 1.82) is 0 Å². The number of carbonyl (C=O) groups excluding carboxylic acids is 1. The molecule has 1 aromatic carbocycles. The van der Waals surface area contributed by atoms with Crippen LogP contribution in [0.25, 0.3) is 0 Å². The Balaban J connectivity index is 3.40. The highest BCUT2D eigenvalue weighted by molar-refractivity contribution is 5.77. The molecule has 0 bridgehead atoms. The van der Waals surface area contributed by atoms with Gasteiger partial charge >= 0.3 is 11.7 Å². The average molecular weight is 286 g/mol. The van der Waals surface area contributed by atoms with Gasteiger partial charge in [-0.15, -0.1) is 0 Å². The Morgan fingerprint density at radius 1 is 1.55 bits per heavy atom. The summed E-state index contributed by atoms with van der Waals surface area (Å²) in [5.74, 6) is -2.38. The van der Waals surface area contributed by atoms with Crippen LogP contribution < -0.4 is 5.73 Å². The number of esters is 1. The summed E-state index contributed by atoms with van der Waals surface area (Å²) >= 11 is 0. The van der Waals surface area contributed by atoms with Crippen molar-refractivity contribution in [2.24, 2.45) is 11.1 Å². The number of ether oxygens (including phenoxy) is 1. The molecule has 0 aliphatic rings. The summed E-state index contributed by atoms with van der Waals surface area (Å²) < 4.78 is 18.0. The van der Waals surface area contributed by atoms with Crippen LogP contribution in [0.5, 0.6) is 5.75 Å². The van der Waals surface area contributed by atoms with Crippen LogP contribution in [0.3, 0.4) is 0 Å². The van der Waals surface area contributed by atoms with E-state index in [-0.39, 0.29) is 5.56 Å². The third kappa shape index (κ3) is 2.69. The van der Waals surface area contributed by atoms with Gasteiger partial charge in [0.05, 0.1) is 23.5 Å². The highest BCUT2D eigenvalue weighted by Crippen LogP contribution is 2.40. The Bertz CT molecular complexity index is 559. The van der Waals surface area contributed by atoms with Crippen molar-refractivity contribution < 1.29 is 24.0 Å². The third-order valence-electron chi connectivity index (χ3n) is 3.10. The van der Waals surface area contributed by atoms with Gasteiger partial charge in [0.1, 0.15) is 5.82 Å². The Kier molecular flexibility index (Phi) is 4.29. The minimum atomic E-state index is -1.30. The molecule has 0 heterocycles. The maximum atomic E-state index is 13.4. The van der Waals surface area contributed by atoms with Gasteiger partial charge in [-0.1, -0.05) is 0 Å². The average Bonchev–Trinajstić information content (AvgIpc) is 2.38. The summed E-state index contributed by atoms with van der Waals surface area (Å²) in [4.78, 5) is 21.5. The summed E-state index contributed by atoms with van der Waals surface area (Å²) in [6.07, 6.45) is 0. The van der Waals surface area contributed by atoms with Gasteiger partial charge in [0.25, 0.3) is 0 Å². The Morgan fingerprint density at radius 3 is 2.55 bits per heavy atom. The number of phenolic OH excluding ortho intramolecular Hbond substituents is 1. The number of carbonyl (C=O) groups is 1. The maximum absolute atomic E-state index is 13.4. The number of nitrogens with two attached hydrogens (primary N) is 1. The maximum Gasteiger partial charge on any atom is 0.313 e. The molecule has 0 unspecified atom stereocenters. The highest BCUT2D eigenvalue weighted by atomic mass is 19.1. The van der Waals surface area contributed by atoms with Crippen LogP contribution in [0.4, 0.5) is 10.1 Å². The fourth-order valence-electron chi connectivity index (χ4n) is 1.76. The third-order valence-corrected chi connectivity index (χ3v) is 3.10. The number of nitro benzene ring substituents is 1. The topological polar surface area (TPSA) is 116 Å². The van der Waals surface area contributed by atoms with Crippen molar-refractivity contribution in [2.45, 2.75) is 19.9 Å². The molecule has 110 valence electrons. The first-order chi connectivity index (χ1) is 9.12. The van der Waals surface area contributed by atoms with Crippen LogP contribution in [-0.4, -0.2) is 23.1 Å². The zero-order chi connectivity index (χ0) is 15.7. The molecule has 1 atom stereocenters.